The third-order valence-corrected chi connectivity index (χ3v) is 4.87. The molecule has 138 valence electrons. The molecule has 8 heteroatoms. The van der Waals surface area contributed by atoms with Crippen LogP contribution in [0.5, 0.6) is 0 Å². The average Bonchev–Trinajstić information content (AvgIpc) is 3.27. The summed E-state index contributed by atoms with van der Waals surface area (Å²) in [4.78, 5) is 19.1. The average molecular weight is 378 g/mol. The predicted octanol–water partition coefficient (Wildman–Crippen LogP) is 1.51. The number of hydrogen-bond donors (Lipinski definition) is 2. The number of nitrogens with zero attached hydrogens (tertiary/aromatic N) is 3. The number of rotatable bonds is 6. The highest BCUT2D eigenvalue weighted by atomic mass is 35.5. The van der Waals surface area contributed by atoms with Crippen LogP contribution in [-0.4, -0.2) is 53.1 Å². The summed E-state index contributed by atoms with van der Waals surface area (Å²) in [6.45, 7) is 2.57. The lowest BCUT2D eigenvalue weighted by Gasteiger charge is -2.31. The summed E-state index contributed by atoms with van der Waals surface area (Å²) in [6, 6.07) is 0.577. The van der Waals surface area contributed by atoms with E-state index in [0.717, 1.165) is 31.8 Å². The molecular weight excluding hydrogens is 349 g/mol. The van der Waals surface area contributed by atoms with Gasteiger partial charge in [0.1, 0.15) is 5.82 Å². The first-order valence-corrected chi connectivity index (χ1v) is 8.32. The number of carbonyl (C=O) groups excluding carboxylic acids is 1. The van der Waals surface area contributed by atoms with Crippen molar-refractivity contribution in [2.24, 2.45) is 13.0 Å². The smallest absolute Gasteiger partial charge is 0.234 e. The molecule has 2 heterocycles. The van der Waals surface area contributed by atoms with Gasteiger partial charge in [0.15, 0.2) is 0 Å². The topological polar surface area (TPSA) is 62.2 Å². The quantitative estimate of drug-likeness (QED) is 0.788. The van der Waals surface area contributed by atoms with Crippen molar-refractivity contribution in [3.05, 3.63) is 18.2 Å². The van der Waals surface area contributed by atoms with Crippen LogP contribution in [-0.2, 0) is 11.8 Å². The van der Waals surface area contributed by atoms with Gasteiger partial charge in [-0.05, 0) is 51.7 Å². The van der Waals surface area contributed by atoms with Crippen LogP contribution in [0.25, 0.3) is 0 Å². The minimum atomic E-state index is 0. The Bertz CT molecular complexity index is 514. The Morgan fingerprint density at radius 3 is 2.58 bits per heavy atom. The minimum Gasteiger partial charge on any atom is -0.345 e. The Labute approximate surface area is 156 Å². The molecule has 2 aliphatic rings. The third-order valence-electron chi connectivity index (χ3n) is 4.87. The first kappa shape index (κ1) is 21.2. The van der Waals surface area contributed by atoms with Crippen LogP contribution in [0.15, 0.2) is 12.4 Å². The Morgan fingerprint density at radius 2 is 2.04 bits per heavy atom. The van der Waals surface area contributed by atoms with E-state index in [9.17, 15) is 4.79 Å². The molecule has 1 aliphatic heterocycles. The van der Waals surface area contributed by atoms with E-state index in [-0.39, 0.29) is 36.8 Å². The molecule has 0 spiro atoms. The summed E-state index contributed by atoms with van der Waals surface area (Å²) in [5, 5.41) is 6.58. The maximum Gasteiger partial charge on any atom is 0.234 e. The summed E-state index contributed by atoms with van der Waals surface area (Å²) < 4.78 is 2.01. The van der Waals surface area contributed by atoms with Crippen LogP contribution in [0.4, 0.5) is 0 Å². The van der Waals surface area contributed by atoms with E-state index in [2.05, 4.69) is 27.6 Å². The highest BCUT2D eigenvalue weighted by molar-refractivity contribution is 5.85. The molecule has 1 atom stereocenters. The summed E-state index contributed by atoms with van der Waals surface area (Å²) in [5.74, 6) is 1.63. The van der Waals surface area contributed by atoms with Gasteiger partial charge in [-0.3, -0.25) is 9.69 Å². The summed E-state index contributed by atoms with van der Waals surface area (Å²) in [7, 11) is 4.05. The molecule has 1 amide bonds. The number of aromatic nitrogens is 2. The van der Waals surface area contributed by atoms with Gasteiger partial charge >= 0.3 is 0 Å². The molecule has 2 fully saturated rings. The molecule has 3 rings (SSSR count). The number of imidazole rings is 1. The molecule has 1 aromatic heterocycles. The first-order chi connectivity index (χ1) is 10.6. The van der Waals surface area contributed by atoms with Crippen LogP contribution in [0.3, 0.4) is 0 Å². The molecule has 0 aromatic carbocycles. The monoisotopic (exact) mass is 377 g/mol. The maximum absolute atomic E-state index is 12.4. The summed E-state index contributed by atoms with van der Waals surface area (Å²) >= 11 is 0. The zero-order valence-corrected chi connectivity index (χ0v) is 16.0. The fraction of sp³-hybridized carbons (Fsp3) is 0.750. The van der Waals surface area contributed by atoms with Gasteiger partial charge in [-0.15, -0.1) is 24.8 Å². The van der Waals surface area contributed by atoms with Crippen LogP contribution in [0.2, 0.25) is 0 Å². The Balaban J connectivity index is 0.00000144. The molecule has 24 heavy (non-hydrogen) atoms. The van der Waals surface area contributed by atoms with Crippen LogP contribution < -0.4 is 10.6 Å². The van der Waals surface area contributed by atoms with Gasteiger partial charge in [0, 0.05) is 25.5 Å². The van der Waals surface area contributed by atoms with Crippen molar-refractivity contribution in [2.75, 3.05) is 26.7 Å². The van der Waals surface area contributed by atoms with Gasteiger partial charge in [0.25, 0.3) is 0 Å². The van der Waals surface area contributed by atoms with E-state index >= 15 is 0 Å². The van der Waals surface area contributed by atoms with Crippen molar-refractivity contribution in [3.8, 4) is 0 Å². The van der Waals surface area contributed by atoms with Gasteiger partial charge in [-0.25, -0.2) is 4.98 Å². The second-order valence-electron chi connectivity index (χ2n) is 6.68. The number of nitrogens with one attached hydrogen (secondary N) is 2. The number of amides is 1. The lowest BCUT2D eigenvalue weighted by molar-refractivity contribution is -0.123. The van der Waals surface area contributed by atoms with Crippen LogP contribution in [0, 0.1) is 5.92 Å². The van der Waals surface area contributed by atoms with Gasteiger partial charge in [-0.2, -0.15) is 0 Å². The Kier molecular flexibility index (Phi) is 8.50. The van der Waals surface area contributed by atoms with Crippen molar-refractivity contribution in [1.29, 1.82) is 0 Å². The van der Waals surface area contributed by atoms with Gasteiger partial charge < -0.3 is 15.2 Å². The van der Waals surface area contributed by atoms with Crippen molar-refractivity contribution >= 4 is 30.7 Å². The van der Waals surface area contributed by atoms with Crippen molar-refractivity contribution in [3.63, 3.8) is 0 Å². The van der Waals surface area contributed by atoms with E-state index in [0.29, 0.717) is 18.5 Å². The number of carbonyl (C=O) groups is 1. The molecule has 0 radical (unpaired) electrons. The lowest BCUT2D eigenvalue weighted by atomic mass is 10.1. The molecule has 1 saturated carbocycles. The zero-order valence-electron chi connectivity index (χ0n) is 14.4. The van der Waals surface area contributed by atoms with E-state index < -0.39 is 0 Å². The standard InChI is InChI=1S/C16H27N5O.2ClH/c1-20-10-9-18-16(20)15(12-3-4-12)19-14(22)11-21(2)13-5-7-17-8-6-13;;/h9-10,12-13,15,17H,3-8,11H2,1-2H3,(H,19,22);2*1H. The number of aryl methyl sites for hydroxylation is 1. The molecule has 1 saturated heterocycles. The molecule has 1 unspecified atom stereocenters. The van der Waals surface area contributed by atoms with Gasteiger partial charge in [-0.1, -0.05) is 0 Å². The maximum atomic E-state index is 12.4. The molecule has 6 nitrogen and oxygen atoms in total. The fourth-order valence-electron chi connectivity index (χ4n) is 3.32. The van der Waals surface area contributed by atoms with Gasteiger partial charge in [0.05, 0.1) is 12.6 Å². The second kappa shape index (κ2) is 9.61. The molecule has 1 aromatic rings. The number of likely N-dealkylation sites (N-methyl/N-ethyl adjacent to an activating group) is 1. The SMILES string of the molecule is CN(CC(=O)NC(c1nccn1C)C1CC1)C1CCNCC1.Cl.Cl. The lowest BCUT2D eigenvalue weighted by Crippen LogP contribution is -2.46. The predicted molar refractivity (Wildman–Crippen MR) is 99.8 cm³/mol. The van der Waals surface area contributed by atoms with Crippen molar-refractivity contribution in [1.82, 2.24) is 25.1 Å². The Morgan fingerprint density at radius 1 is 1.38 bits per heavy atom. The van der Waals surface area contributed by atoms with E-state index in [4.69, 9.17) is 0 Å². The van der Waals surface area contributed by atoms with E-state index in [1.807, 2.05) is 17.8 Å². The number of hydrogen-bond acceptors (Lipinski definition) is 4. The second-order valence-corrected chi connectivity index (χ2v) is 6.68. The Hall–Kier alpha value is -0.820. The minimum absolute atomic E-state index is 0. The fourth-order valence-corrected chi connectivity index (χ4v) is 3.32. The molecule has 1 aliphatic carbocycles. The van der Waals surface area contributed by atoms with Crippen LogP contribution >= 0.6 is 24.8 Å². The van der Waals surface area contributed by atoms with Crippen molar-refractivity contribution in [2.45, 2.75) is 37.8 Å². The van der Waals surface area contributed by atoms with Gasteiger partial charge in [0.2, 0.25) is 5.91 Å². The highest BCUT2D eigenvalue weighted by Gasteiger charge is 2.36. The normalized spacial score (nSPS) is 19.3. The summed E-state index contributed by atoms with van der Waals surface area (Å²) in [6.07, 6.45) is 8.35. The van der Waals surface area contributed by atoms with E-state index in [1.165, 1.54) is 12.8 Å². The van der Waals surface area contributed by atoms with E-state index in [1.54, 1.807) is 6.20 Å². The molecular formula is C16H29Cl2N5O. The first-order valence-electron chi connectivity index (χ1n) is 8.32. The molecule has 0 bridgehead atoms. The number of piperidine rings is 1. The largest absolute Gasteiger partial charge is 0.345 e. The third kappa shape index (κ3) is 5.34. The zero-order chi connectivity index (χ0) is 15.5. The number of halogens is 2. The molecule has 2 N–H and O–H groups in total. The summed E-state index contributed by atoms with van der Waals surface area (Å²) in [5.41, 5.74) is 0. The van der Waals surface area contributed by atoms with Crippen LogP contribution in [0.1, 0.15) is 37.5 Å². The van der Waals surface area contributed by atoms with Crippen molar-refractivity contribution < 1.29 is 4.79 Å². The highest BCUT2D eigenvalue weighted by Crippen LogP contribution is 2.40.